The summed E-state index contributed by atoms with van der Waals surface area (Å²) >= 11 is 0. The molecule has 1 amide bonds. The Morgan fingerprint density at radius 2 is 2.00 bits per heavy atom. The summed E-state index contributed by atoms with van der Waals surface area (Å²) < 4.78 is 57.6. The monoisotopic (exact) mass is 554 g/mol. The Hall–Kier alpha value is -2.56. The highest BCUT2D eigenvalue weighted by molar-refractivity contribution is 5.78. The zero-order valence-corrected chi connectivity index (χ0v) is 23.4. The number of carbonyl (C=O) groups is 1. The third kappa shape index (κ3) is 7.35. The molecule has 8 nitrogen and oxygen atoms in total. The minimum absolute atomic E-state index is 0.0945. The number of carbonyl (C=O) groups excluding carboxylic acids is 1. The SMILES string of the molecule is CC[C@@](C)(CCOC1=CC(F)C(C)(CC(=O)N2CC(F)(F)C2)C=C1)CC1CCN(c2nc(COC)no2)CC1. The van der Waals surface area contributed by atoms with Gasteiger partial charge in [-0.2, -0.15) is 4.98 Å². The molecule has 0 spiro atoms. The fourth-order valence-electron chi connectivity index (χ4n) is 5.56. The van der Waals surface area contributed by atoms with Gasteiger partial charge in [0.15, 0.2) is 5.82 Å². The van der Waals surface area contributed by atoms with Gasteiger partial charge < -0.3 is 23.8 Å². The second-order valence-corrected chi connectivity index (χ2v) is 11.9. The van der Waals surface area contributed by atoms with E-state index in [4.69, 9.17) is 14.0 Å². The van der Waals surface area contributed by atoms with Crippen LogP contribution in [0.1, 0.15) is 65.1 Å². The molecule has 1 aromatic heterocycles. The van der Waals surface area contributed by atoms with Crippen LogP contribution < -0.4 is 4.90 Å². The largest absolute Gasteiger partial charge is 0.494 e. The van der Waals surface area contributed by atoms with Crippen LogP contribution in [-0.2, 0) is 20.9 Å². The number of aromatic nitrogens is 2. The number of hydrogen-bond acceptors (Lipinski definition) is 7. The number of alkyl halides is 3. The van der Waals surface area contributed by atoms with Crippen LogP contribution in [0.4, 0.5) is 19.2 Å². The molecular formula is C28H41F3N4O4. The van der Waals surface area contributed by atoms with Gasteiger partial charge >= 0.3 is 6.01 Å². The summed E-state index contributed by atoms with van der Waals surface area (Å²) in [5.74, 6) is -1.70. The van der Waals surface area contributed by atoms with Gasteiger partial charge in [-0.1, -0.05) is 38.4 Å². The Morgan fingerprint density at radius 1 is 1.28 bits per heavy atom. The zero-order valence-electron chi connectivity index (χ0n) is 23.4. The molecule has 2 unspecified atom stereocenters. The van der Waals surface area contributed by atoms with E-state index >= 15 is 4.39 Å². The van der Waals surface area contributed by atoms with Gasteiger partial charge in [0.05, 0.1) is 19.7 Å². The minimum atomic E-state index is -2.83. The fraction of sp³-hybridized carbons (Fsp3) is 0.750. The molecule has 2 fully saturated rings. The van der Waals surface area contributed by atoms with Gasteiger partial charge in [-0.15, -0.1) is 0 Å². The van der Waals surface area contributed by atoms with Crippen LogP contribution in [0.25, 0.3) is 0 Å². The number of rotatable bonds is 12. The van der Waals surface area contributed by atoms with Crippen LogP contribution in [0, 0.1) is 16.7 Å². The standard InChI is InChI=1S/C28H41F3N4O4/c1-5-26(2,15-20-7-11-34(12-8-20)25-32-23(17-37-4)33-39-25)10-13-38-21-6-9-27(3,22(29)14-21)16-24(36)35-18-28(30,31)19-35/h6,9,14,20,22H,5,7-8,10-13,15-19H2,1-4H3/t22?,26-,27?/m0/s1. The summed E-state index contributed by atoms with van der Waals surface area (Å²) in [4.78, 5) is 19.9. The van der Waals surface area contributed by atoms with Crippen LogP contribution >= 0.6 is 0 Å². The summed E-state index contributed by atoms with van der Waals surface area (Å²) in [6.45, 7) is 7.47. The van der Waals surface area contributed by atoms with Gasteiger partial charge in [0.1, 0.15) is 18.5 Å². The minimum Gasteiger partial charge on any atom is -0.494 e. The number of methoxy groups -OCH3 is 1. The summed E-state index contributed by atoms with van der Waals surface area (Å²) in [7, 11) is 1.60. The number of allylic oxidation sites excluding steroid dienone is 3. The van der Waals surface area contributed by atoms with Crippen LogP contribution in [0.15, 0.2) is 28.5 Å². The summed E-state index contributed by atoms with van der Waals surface area (Å²) in [6, 6.07) is 0.551. The van der Waals surface area contributed by atoms with E-state index < -0.39 is 36.5 Å². The van der Waals surface area contributed by atoms with Gasteiger partial charge in [-0.25, -0.2) is 13.2 Å². The van der Waals surface area contributed by atoms with E-state index in [0.29, 0.717) is 36.7 Å². The first-order valence-electron chi connectivity index (χ1n) is 13.8. The van der Waals surface area contributed by atoms with Gasteiger partial charge in [-0.3, -0.25) is 4.79 Å². The first kappa shape index (κ1) is 29.4. The van der Waals surface area contributed by atoms with Crippen LogP contribution in [0.3, 0.4) is 0 Å². The van der Waals surface area contributed by atoms with Crippen molar-refractivity contribution in [1.29, 1.82) is 0 Å². The normalized spacial score (nSPS) is 26.6. The molecular weight excluding hydrogens is 513 g/mol. The number of amides is 1. The van der Waals surface area contributed by atoms with Crippen LogP contribution in [0.2, 0.25) is 0 Å². The molecule has 11 heteroatoms. The average molecular weight is 555 g/mol. The molecule has 2 saturated heterocycles. The molecule has 0 radical (unpaired) electrons. The van der Waals surface area contributed by atoms with Crippen molar-refractivity contribution in [3.63, 3.8) is 0 Å². The van der Waals surface area contributed by atoms with E-state index in [1.165, 1.54) is 6.08 Å². The molecule has 3 atom stereocenters. The lowest BCUT2D eigenvalue weighted by Gasteiger charge is -2.41. The van der Waals surface area contributed by atoms with E-state index in [1.807, 2.05) is 0 Å². The Kier molecular flexibility index (Phi) is 8.98. The van der Waals surface area contributed by atoms with E-state index in [1.54, 1.807) is 26.2 Å². The highest BCUT2D eigenvalue weighted by Crippen LogP contribution is 2.40. The molecule has 39 heavy (non-hydrogen) atoms. The van der Waals surface area contributed by atoms with Crippen LogP contribution in [-0.4, -0.2) is 72.9 Å². The van der Waals surface area contributed by atoms with E-state index in [-0.39, 0.29) is 11.8 Å². The Balaban J connectivity index is 1.20. The highest BCUT2D eigenvalue weighted by atomic mass is 19.3. The maximum Gasteiger partial charge on any atom is 0.324 e. The summed E-state index contributed by atoms with van der Waals surface area (Å²) in [5, 5.41) is 3.95. The molecule has 4 rings (SSSR count). The average Bonchev–Trinajstić information content (AvgIpc) is 3.34. The zero-order chi connectivity index (χ0) is 28.3. The van der Waals surface area contributed by atoms with Crippen molar-refractivity contribution < 1.29 is 32.0 Å². The predicted molar refractivity (Wildman–Crippen MR) is 140 cm³/mol. The number of nitrogens with zero attached hydrogens (tertiary/aromatic N) is 4. The molecule has 1 aliphatic carbocycles. The molecule has 2 aliphatic heterocycles. The van der Waals surface area contributed by atoms with Gasteiger partial charge in [0, 0.05) is 32.0 Å². The molecule has 3 heterocycles. The summed E-state index contributed by atoms with van der Waals surface area (Å²) in [5.41, 5.74) is -0.981. The van der Waals surface area contributed by atoms with Gasteiger partial charge in [-0.05, 0) is 49.2 Å². The van der Waals surface area contributed by atoms with Crippen LogP contribution in [0.5, 0.6) is 0 Å². The molecule has 0 aromatic carbocycles. The quantitative estimate of drug-likeness (QED) is 0.346. The van der Waals surface area contributed by atoms with Gasteiger partial charge in [0.25, 0.3) is 5.92 Å². The lowest BCUT2D eigenvalue weighted by Crippen LogP contribution is -2.59. The summed E-state index contributed by atoms with van der Waals surface area (Å²) in [6.07, 6.45) is 8.16. The lowest BCUT2D eigenvalue weighted by atomic mass is 9.74. The van der Waals surface area contributed by atoms with E-state index in [0.717, 1.165) is 50.1 Å². The number of anilines is 1. The topological polar surface area (TPSA) is 80.9 Å². The highest BCUT2D eigenvalue weighted by Gasteiger charge is 2.48. The third-order valence-electron chi connectivity index (χ3n) is 8.52. The number of hydrogen-bond donors (Lipinski definition) is 0. The van der Waals surface area contributed by atoms with E-state index in [9.17, 15) is 13.6 Å². The maximum absolute atomic E-state index is 15.1. The predicted octanol–water partition coefficient (Wildman–Crippen LogP) is 5.31. The van der Waals surface area contributed by atoms with Crippen molar-refractivity contribution in [3.8, 4) is 0 Å². The van der Waals surface area contributed by atoms with Crippen molar-refractivity contribution in [2.24, 2.45) is 16.7 Å². The number of halogens is 3. The fourth-order valence-corrected chi connectivity index (χ4v) is 5.56. The van der Waals surface area contributed by atoms with Crippen molar-refractivity contribution in [3.05, 3.63) is 29.8 Å². The van der Waals surface area contributed by atoms with Crippen molar-refractivity contribution in [2.75, 3.05) is 44.8 Å². The smallest absolute Gasteiger partial charge is 0.324 e. The van der Waals surface area contributed by atoms with E-state index in [2.05, 4.69) is 28.9 Å². The third-order valence-corrected chi connectivity index (χ3v) is 8.52. The molecule has 3 aliphatic rings. The molecule has 0 bridgehead atoms. The molecule has 1 aromatic rings. The van der Waals surface area contributed by atoms with Crippen molar-refractivity contribution >= 4 is 11.9 Å². The lowest BCUT2D eigenvalue weighted by molar-refractivity contribution is -0.167. The Labute approximate surface area is 228 Å². The van der Waals surface area contributed by atoms with Crippen molar-refractivity contribution in [2.45, 2.75) is 78.0 Å². The second-order valence-electron chi connectivity index (χ2n) is 11.9. The van der Waals surface area contributed by atoms with Gasteiger partial charge in [0.2, 0.25) is 5.91 Å². The molecule has 218 valence electrons. The first-order valence-corrected chi connectivity index (χ1v) is 13.8. The first-order chi connectivity index (χ1) is 18.4. The molecule has 0 saturated carbocycles. The number of ether oxygens (including phenoxy) is 2. The maximum atomic E-state index is 15.1. The Morgan fingerprint density at radius 3 is 2.62 bits per heavy atom. The van der Waals surface area contributed by atoms with Crippen molar-refractivity contribution in [1.82, 2.24) is 15.0 Å². The second kappa shape index (κ2) is 11.9. The number of piperidine rings is 1. The molecule has 0 N–H and O–H groups in total. The number of likely N-dealkylation sites (tertiary alicyclic amines) is 1. The Bertz CT molecular complexity index is 1050.